The van der Waals surface area contributed by atoms with Gasteiger partial charge in [0.2, 0.25) is 0 Å². The smallest absolute Gasteiger partial charge is 0.252 e. The summed E-state index contributed by atoms with van der Waals surface area (Å²) in [7, 11) is 0. The van der Waals surface area contributed by atoms with E-state index in [4.69, 9.17) is 0 Å². The average Bonchev–Trinajstić information content (AvgIpc) is 1.50. The van der Waals surface area contributed by atoms with Gasteiger partial charge in [0.25, 0.3) is 6.71 Å². The van der Waals surface area contributed by atoms with Gasteiger partial charge in [-0.2, -0.15) is 0 Å². The minimum absolute atomic E-state index is 0.0118. The van der Waals surface area contributed by atoms with Gasteiger partial charge in [0.05, 0.1) is 21.6 Å². The van der Waals surface area contributed by atoms with Crippen LogP contribution in [0.1, 0.15) is 175 Å². The summed E-state index contributed by atoms with van der Waals surface area (Å²) in [6, 6.07) is 56.8. The maximum absolute atomic E-state index is 2.89. The molecule has 16 rings (SSSR count). The number of benzene rings is 8. The van der Waals surface area contributed by atoms with Crippen molar-refractivity contribution in [2.24, 2.45) is 0 Å². The van der Waals surface area contributed by atoms with E-state index in [0.29, 0.717) is 0 Å². The minimum Gasteiger partial charge on any atom is -0.334 e. The largest absolute Gasteiger partial charge is 0.334 e. The van der Waals surface area contributed by atoms with Crippen LogP contribution in [0.3, 0.4) is 0 Å². The van der Waals surface area contributed by atoms with E-state index in [1.807, 2.05) is 22.7 Å². The predicted molar refractivity (Wildman–Crippen MR) is 358 cm³/mol. The summed E-state index contributed by atoms with van der Waals surface area (Å²) >= 11 is 3.91. The van der Waals surface area contributed by atoms with Crippen molar-refractivity contribution in [1.82, 2.24) is 0 Å². The Hall–Kier alpha value is -6.34. The molecule has 2 unspecified atom stereocenters. The Balaban J connectivity index is 1.09. The summed E-state index contributed by atoms with van der Waals surface area (Å²) in [4.78, 5) is 8.50. The fourth-order valence-corrected chi connectivity index (χ4v) is 19.5. The van der Waals surface area contributed by atoms with Crippen LogP contribution in [0.4, 0.5) is 45.5 Å². The van der Waals surface area contributed by atoms with Crippen LogP contribution in [0.5, 0.6) is 0 Å². The van der Waals surface area contributed by atoms with E-state index in [9.17, 15) is 0 Å². The van der Waals surface area contributed by atoms with Gasteiger partial charge in [-0.05, 0) is 183 Å². The topological polar surface area (TPSA) is 9.72 Å². The molecule has 1 fully saturated rings. The van der Waals surface area contributed by atoms with Crippen molar-refractivity contribution >= 4 is 132 Å². The molecule has 2 aromatic heterocycles. The Kier molecular flexibility index (Phi) is 10.5. The van der Waals surface area contributed by atoms with E-state index in [2.05, 4.69) is 244 Å². The van der Waals surface area contributed by atoms with Gasteiger partial charge in [0.1, 0.15) is 0 Å². The number of thiophene rings is 2. The van der Waals surface area contributed by atoms with Gasteiger partial charge in [0.15, 0.2) is 0 Å². The van der Waals surface area contributed by atoms with E-state index < -0.39 is 0 Å². The van der Waals surface area contributed by atoms with Crippen molar-refractivity contribution in [2.75, 3.05) is 14.7 Å². The van der Waals surface area contributed by atoms with E-state index in [-0.39, 0.29) is 44.7 Å². The molecule has 0 saturated heterocycles. The van der Waals surface area contributed by atoms with Crippen LogP contribution < -0.4 is 31.1 Å². The number of rotatable bonds is 3. The Bertz CT molecular complexity index is 4430. The first-order chi connectivity index (χ1) is 39.0. The first-order valence-corrected chi connectivity index (χ1v) is 32.5. The van der Waals surface area contributed by atoms with Gasteiger partial charge in [-0.1, -0.05) is 175 Å². The van der Waals surface area contributed by atoms with Crippen molar-refractivity contribution in [3.05, 3.63) is 173 Å². The minimum atomic E-state index is -0.169. The van der Waals surface area contributed by atoms with Crippen molar-refractivity contribution in [1.29, 1.82) is 0 Å². The molecule has 6 heteroatoms. The highest BCUT2D eigenvalue weighted by molar-refractivity contribution is 7.26. The molecule has 10 aromatic rings. The summed E-state index contributed by atoms with van der Waals surface area (Å²) in [5.74, 6) is 0. The number of hydrogen-bond donors (Lipinski definition) is 0. The first kappa shape index (κ1) is 51.3. The van der Waals surface area contributed by atoms with E-state index in [0.717, 1.165) is 12.8 Å². The molecular formula is C76H78BN3S2. The summed E-state index contributed by atoms with van der Waals surface area (Å²) in [6.07, 6.45) is 9.46. The Labute approximate surface area is 495 Å². The molecule has 0 N–H and O–H groups in total. The molecule has 3 nitrogen and oxygen atoms in total. The lowest BCUT2D eigenvalue weighted by molar-refractivity contribution is 0.195. The number of fused-ring (bicyclic) bond motifs is 16. The highest BCUT2D eigenvalue weighted by Gasteiger charge is 2.59. The van der Waals surface area contributed by atoms with Crippen molar-refractivity contribution < 1.29 is 0 Å². The molecular weight excluding hydrogens is 1030 g/mol. The maximum Gasteiger partial charge on any atom is 0.252 e. The maximum atomic E-state index is 2.89. The normalized spacial score (nSPS) is 22.5. The summed E-state index contributed by atoms with van der Waals surface area (Å²) in [5, 5.41) is 5.36. The summed E-state index contributed by atoms with van der Waals surface area (Å²) < 4.78 is 5.34. The van der Waals surface area contributed by atoms with Crippen LogP contribution in [0, 0.1) is 0 Å². The van der Waals surface area contributed by atoms with Gasteiger partial charge in [0, 0.05) is 75.2 Å². The van der Waals surface area contributed by atoms with E-state index in [1.54, 1.807) is 0 Å². The molecule has 0 amide bonds. The highest BCUT2D eigenvalue weighted by atomic mass is 32.1. The van der Waals surface area contributed by atoms with Crippen molar-refractivity contribution in [2.45, 2.75) is 179 Å². The lowest BCUT2D eigenvalue weighted by atomic mass is 9.33. The second-order valence-corrected chi connectivity index (χ2v) is 32.2. The summed E-state index contributed by atoms with van der Waals surface area (Å²) in [5.41, 5.74) is 23.6. The van der Waals surface area contributed by atoms with Crippen LogP contribution in [0.15, 0.2) is 140 Å². The Morgan fingerprint density at radius 2 is 1.05 bits per heavy atom. The van der Waals surface area contributed by atoms with Crippen LogP contribution in [0.25, 0.3) is 40.3 Å². The number of nitrogens with zero attached hydrogens (tertiary/aromatic N) is 3. The SMILES string of the molecule is CC(C)(C)c1ccc2c(c1)C1(C)CCCCC1(C)N2c1cc2c3c(c1)N(c1cccc4c1sc1ccccc14)c1c(ccc4sc5ccccc5c14)B3c1cc3c(cc1N2c1ccc2c(c1)C(C)(C)CCC2(C)C)C(C)(C)CCC3(C)C. The molecule has 0 bridgehead atoms. The van der Waals surface area contributed by atoms with Crippen molar-refractivity contribution in [3.8, 4) is 0 Å². The zero-order chi connectivity index (χ0) is 56.6. The molecule has 82 heavy (non-hydrogen) atoms. The van der Waals surface area contributed by atoms with Gasteiger partial charge < -0.3 is 14.7 Å². The van der Waals surface area contributed by atoms with Crippen LogP contribution >= 0.6 is 22.7 Å². The second kappa shape index (κ2) is 16.7. The Morgan fingerprint density at radius 3 is 1.77 bits per heavy atom. The zero-order valence-corrected chi connectivity index (χ0v) is 52.3. The monoisotopic (exact) mass is 1110 g/mol. The third kappa shape index (κ3) is 6.83. The lowest BCUT2D eigenvalue weighted by Crippen LogP contribution is -2.62. The predicted octanol–water partition coefficient (Wildman–Crippen LogP) is 20.2. The Morgan fingerprint density at radius 1 is 0.427 bits per heavy atom. The molecule has 0 spiro atoms. The molecule has 8 aromatic carbocycles. The molecule has 1 saturated carbocycles. The standard InChI is InChI=1S/C76H78BN3S2/c1-70(2,3)45-27-31-58-55(39-45)75(12)33-18-19-34-76(75,13)80(58)47-41-61-67-62(42-47)79(59-24-20-23-49-48-21-14-16-25-63(48)82-69(49)59)68-56(30-32-65-66(68)50-22-15-17-26-64(50)81-65)77(67)57-43-53-54(74(10,11)38-37-73(53,8)9)44-60(57)78(61)46-28-29-51-52(40-46)72(6,7)36-35-71(51,4)5/h14-17,20-32,39-44H,18-19,33-38H2,1-13H3. The van der Waals surface area contributed by atoms with E-state index in [1.165, 1.54) is 174 Å². The molecule has 6 aliphatic rings. The fourth-order valence-electron chi connectivity index (χ4n) is 17.2. The highest BCUT2D eigenvalue weighted by Crippen LogP contribution is 2.63. The number of anilines is 8. The van der Waals surface area contributed by atoms with Crippen LogP contribution in [0.2, 0.25) is 0 Å². The van der Waals surface area contributed by atoms with Gasteiger partial charge in [-0.15, -0.1) is 22.7 Å². The summed E-state index contributed by atoms with van der Waals surface area (Å²) in [6.45, 7) is 32.5. The molecule has 5 heterocycles. The average molecular weight is 1110 g/mol. The van der Waals surface area contributed by atoms with E-state index >= 15 is 0 Å². The van der Waals surface area contributed by atoms with Crippen LogP contribution in [-0.2, 0) is 32.5 Å². The first-order valence-electron chi connectivity index (χ1n) is 30.9. The number of hydrogen-bond acceptors (Lipinski definition) is 5. The molecule has 0 radical (unpaired) electrons. The third-order valence-corrected chi connectivity index (χ3v) is 24.8. The molecule has 3 aliphatic carbocycles. The molecule has 3 aliphatic heterocycles. The quantitative estimate of drug-likeness (QED) is 0.163. The zero-order valence-electron chi connectivity index (χ0n) is 50.7. The van der Waals surface area contributed by atoms with Crippen molar-refractivity contribution in [3.63, 3.8) is 0 Å². The lowest BCUT2D eigenvalue weighted by Gasteiger charge is -2.51. The molecule has 412 valence electrons. The fraction of sp³-hybridized carbons (Fsp3) is 0.368. The van der Waals surface area contributed by atoms with Gasteiger partial charge in [-0.3, -0.25) is 0 Å². The van der Waals surface area contributed by atoms with Crippen LogP contribution in [-0.4, -0.2) is 12.3 Å². The molecule has 2 atom stereocenters. The second-order valence-electron chi connectivity index (χ2n) is 30.1. The van der Waals surface area contributed by atoms with Gasteiger partial charge in [-0.25, -0.2) is 0 Å². The third-order valence-electron chi connectivity index (χ3n) is 22.5. The van der Waals surface area contributed by atoms with Gasteiger partial charge >= 0.3 is 0 Å².